The van der Waals surface area contributed by atoms with Crippen LogP contribution in [0.1, 0.15) is 23.3 Å². The fraction of sp³-hybridized carbons (Fsp3) is 0.350. The number of ether oxygens (including phenoxy) is 1. The van der Waals surface area contributed by atoms with Gasteiger partial charge < -0.3 is 14.5 Å². The summed E-state index contributed by atoms with van der Waals surface area (Å²) in [5, 5.41) is 0. The standard InChI is InChI=1S/C20H20FN3O3/c21-15-4-6-16(7-5-15)24-14-20(27-13-18(24)25)8-11-23(12-9-20)19(26)17-3-1-2-10-22-17/h1-7,10H,8-9,11-14H2. The average Bonchev–Trinajstić information content (AvgIpc) is 2.71. The van der Waals surface area contributed by atoms with Crippen molar-refractivity contribution < 1.29 is 18.7 Å². The van der Waals surface area contributed by atoms with E-state index in [0.717, 1.165) is 0 Å². The van der Waals surface area contributed by atoms with Gasteiger partial charge in [0.1, 0.15) is 18.1 Å². The summed E-state index contributed by atoms with van der Waals surface area (Å²) in [5.74, 6) is -0.567. The maximum atomic E-state index is 13.2. The van der Waals surface area contributed by atoms with Crippen LogP contribution in [0.15, 0.2) is 48.7 Å². The zero-order valence-corrected chi connectivity index (χ0v) is 14.8. The largest absolute Gasteiger partial charge is 0.363 e. The van der Waals surface area contributed by atoms with Gasteiger partial charge in [-0.2, -0.15) is 0 Å². The number of nitrogens with zero attached hydrogens (tertiary/aromatic N) is 3. The van der Waals surface area contributed by atoms with Gasteiger partial charge in [-0.05, 0) is 49.2 Å². The Morgan fingerprint density at radius 2 is 1.85 bits per heavy atom. The second-order valence-corrected chi connectivity index (χ2v) is 6.94. The van der Waals surface area contributed by atoms with Crippen molar-refractivity contribution in [3.05, 3.63) is 60.2 Å². The average molecular weight is 369 g/mol. The number of aromatic nitrogens is 1. The van der Waals surface area contributed by atoms with E-state index >= 15 is 0 Å². The number of piperidine rings is 1. The summed E-state index contributed by atoms with van der Waals surface area (Å²) in [6, 6.07) is 11.2. The number of hydrogen-bond donors (Lipinski definition) is 0. The first kappa shape index (κ1) is 17.6. The van der Waals surface area contributed by atoms with Gasteiger partial charge in [-0.25, -0.2) is 4.39 Å². The second kappa shape index (κ2) is 7.08. The quantitative estimate of drug-likeness (QED) is 0.815. The number of carbonyl (C=O) groups is 2. The summed E-state index contributed by atoms with van der Waals surface area (Å²) in [5.41, 5.74) is 0.612. The first-order chi connectivity index (χ1) is 13.1. The molecule has 0 N–H and O–H groups in total. The molecule has 1 aromatic carbocycles. The SMILES string of the molecule is O=C(c1ccccn1)N1CCC2(CC1)CN(c1ccc(F)cc1)C(=O)CO2. The summed E-state index contributed by atoms with van der Waals surface area (Å²) >= 11 is 0. The molecule has 0 unspecified atom stereocenters. The van der Waals surface area contributed by atoms with E-state index < -0.39 is 5.60 Å². The number of likely N-dealkylation sites (tertiary alicyclic amines) is 1. The summed E-state index contributed by atoms with van der Waals surface area (Å²) < 4.78 is 19.1. The molecule has 27 heavy (non-hydrogen) atoms. The Bertz CT molecular complexity index is 833. The van der Waals surface area contributed by atoms with Crippen LogP contribution in [0.25, 0.3) is 0 Å². The van der Waals surface area contributed by atoms with Crippen molar-refractivity contribution in [1.29, 1.82) is 0 Å². The first-order valence-electron chi connectivity index (χ1n) is 8.97. The summed E-state index contributed by atoms with van der Waals surface area (Å²) in [6.07, 6.45) is 2.88. The number of benzene rings is 1. The molecule has 0 atom stereocenters. The van der Waals surface area contributed by atoms with E-state index in [4.69, 9.17) is 4.74 Å². The summed E-state index contributed by atoms with van der Waals surface area (Å²) in [4.78, 5) is 32.4. The van der Waals surface area contributed by atoms with Crippen LogP contribution in [-0.2, 0) is 9.53 Å². The van der Waals surface area contributed by atoms with Gasteiger partial charge >= 0.3 is 0 Å². The van der Waals surface area contributed by atoms with Gasteiger partial charge in [0.15, 0.2) is 0 Å². The van der Waals surface area contributed by atoms with E-state index in [1.54, 1.807) is 46.3 Å². The molecular weight excluding hydrogens is 349 g/mol. The topological polar surface area (TPSA) is 62.7 Å². The normalized spacial score (nSPS) is 19.4. The van der Waals surface area contributed by atoms with Crippen LogP contribution in [0.4, 0.5) is 10.1 Å². The highest BCUT2D eigenvalue weighted by molar-refractivity contribution is 5.95. The number of carbonyl (C=O) groups excluding carboxylic acids is 2. The van der Waals surface area contributed by atoms with E-state index in [0.29, 0.717) is 43.9 Å². The zero-order valence-electron chi connectivity index (χ0n) is 14.8. The predicted molar refractivity (Wildman–Crippen MR) is 96.8 cm³/mol. The molecule has 2 aliphatic heterocycles. The third-order valence-corrected chi connectivity index (χ3v) is 5.23. The van der Waals surface area contributed by atoms with Crippen LogP contribution < -0.4 is 4.90 Å². The number of hydrogen-bond acceptors (Lipinski definition) is 4. The molecule has 2 saturated heterocycles. The highest BCUT2D eigenvalue weighted by Gasteiger charge is 2.43. The Kier molecular flexibility index (Phi) is 4.61. The maximum absolute atomic E-state index is 13.2. The Morgan fingerprint density at radius 1 is 1.11 bits per heavy atom. The van der Waals surface area contributed by atoms with Crippen LogP contribution in [0.3, 0.4) is 0 Å². The molecule has 0 radical (unpaired) electrons. The number of amides is 2. The molecule has 3 heterocycles. The molecular formula is C20H20FN3O3. The zero-order chi connectivity index (χ0) is 18.9. The molecule has 7 heteroatoms. The van der Waals surface area contributed by atoms with Gasteiger partial charge in [0.2, 0.25) is 0 Å². The lowest BCUT2D eigenvalue weighted by atomic mass is 9.89. The molecule has 140 valence electrons. The third kappa shape index (κ3) is 3.55. The van der Waals surface area contributed by atoms with Crippen LogP contribution >= 0.6 is 0 Å². The van der Waals surface area contributed by atoms with Crippen LogP contribution in [0.5, 0.6) is 0 Å². The number of pyridine rings is 1. The van der Waals surface area contributed by atoms with Gasteiger partial charge in [0, 0.05) is 25.0 Å². The van der Waals surface area contributed by atoms with Crippen LogP contribution in [-0.4, -0.2) is 53.5 Å². The Balaban J connectivity index is 1.45. The van der Waals surface area contributed by atoms with Crippen molar-refractivity contribution in [3.8, 4) is 0 Å². The van der Waals surface area contributed by atoms with Crippen LogP contribution in [0.2, 0.25) is 0 Å². The van der Waals surface area contributed by atoms with E-state index in [2.05, 4.69) is 4.98 Å². The fourth-order valence-corrected chi connectivity index (χ4v) is 3.64. The molecule has 0 saturated carbocycles. The fourth-order valence-electron chi connectivity index (χ4n) is 3.64. The molecule has 4 rings (SSSR count). The lowest BCUT2D eigenvalue weighted by molar-refractivity contribution is -0.143. The van der Waals surface area contributed by atoms with Crippen molar-refractivity contribution in [2.45, 2.75) is 18.4 Å². The van der Waals surface area contributed by atoms with E-state index in [-0.39, 0.29) is 24.2 Å². The molecule has 1 spiro atoms. The lowest BCUT2D eigenvalue weighted by Gasteiger charge is -2.46. The predicted octanol–water partition coefficient (Wildman–Crippen LogP) is 2.26. The van der Waals surface area contributed by atoms with Gasteiger partial charge in [-0.15, -0.1) is 0 Å². The second-order valence-electron chi connectivity index (χ2n) is 6.94. The van der Waals surface area contributed by atoms with Gasteiger partial charge in [-0.1, -0.05) is 6.07 Å². The number of halogens is 1. The molecule has 2 fully saturated rings. The third-order valence-electron chi connectivity index (χ3n) is 5.23. The van der Waals surface area contributed by atoms with Crippen molar-refractivity contribution in [3.63, 3.8) is 0 Å². The molecule has 0 aliphatic carbocycles. The van der Waals surface area contributed by atoms with Crippen molar-refractivity contribution in [2.75, 3.05) is 31.1 Å². The van der Waals surface area contributed by atoms with E-state index in [1.165, 1.54) is 12.1 Å². The minimum Gasteiger partial charge on any atom is -0.363 e. The minimum atomic E-state index is -0.483. The molecule has 6 nitrogen and oxygen atoms in total. The Hall–Kier alpha value is -2.80. The number of rotatable bonds is 2. The van der Waals surface area contributed by atoms with Crippen LogP contribution in [0, 0.1) is 5.82 Å². The van der Waals surface area contributed by atoms with Gasteiger partial charge in [-0.3, -0.25) is 14.6 Å². The molecule has 1 aromatic heterocycles. The van der Waals surface area contributed by atoms with Gasteiger partial charge in [0.05, 0.1) is 12.1 Å². The van der Waals surface area contributed by atoms with E-state index in [1.807, 2.05) is 0 Å². The monoisotopic (exact) mass is 369 g/mol. The van der Waals surface area contributed by atoms with E-state index in [9.17, 15) is 14.0 Å². The summed E-state index contributed by atoms with van der Waals surface area (Å²) in [6.45, 7) is 1.48. The first-order valence-corrected chi connectivity index (χ1v) is 8.97. The highest BCUT2D eigenvalue weighted by Crippen LogP contribution is 2.33. The molecule has 2 aromatic rings. The Labute approximate surface area is 156 Å². The number of anilines is 1. The van der Waals surface area contributed by atoms with Crippen molar-refractivity contribution >= 4 is 17.5 Å². The smallest absolute Gasteiger partial charge is 0.272 e. The summed E-state index contributed by atoms with van der Waals surface area (Å²) in [7, 11) is 0. The minimum absolute atomic E-state index is 0.00837. The molecule has 0 bridgehead atoms. The number of morpholine rings is 1. The Morgan fingerprint density at radius 3 is 2.52 bits per heavy atom. The maximum Gasteiger partial charge on any atom is 0.272 e. The van der Waals surface area contributed by atoms with Crippen molar-refractivity contribution in [2.24, 2.45) is 0 Å². The highest BCUT2D eigenvalue weighted by atomic mass is 19.1. The van der Waals surface area contributed by atoms with Crippen molar-refractivity contribution in [1.82, 2.24) is 9.88 Å². The lowest BCUT2D eigenvalue weighted by Crippen LogP contribution is -2.59. The molecule has 2 aliphatic rings. The molecule has 2 amide bonds. The van der Waals surface area contributed by atoms with Gasteiger partial charge in [0.25, 0.3) is 11.8 Å².